The lowest BCUT2D eigenvalue weighted by atomic mass is 10.2. The fraction of sp³-hybridized carbons (Fsp3) is 0.259. The van der Waals surface area contributed by atoms with Crippen LogP contribution in [0.3, 0.4) is 0 Å². The van der Waals surface area contributed by atoms with E-state index in [1.165, 1.54) is 5.56 Å². The van der Waals surface area contributed by atoms with Crippen molar-refractivity contribution in [3.05, 3.63) is 90.4 Å². The molecule has 4 aromatic rings. The summed E-state index contributed by atoms with van der Waals surface area (Å²) in [6.07, 6.45) is 5.58. The minimum atomic E-state index is 0.0775. The quantitative estimate of drug-likeness (QED) is 0.441. The topological polar surface area (TPSA) is 53.3 Å². The number of carbonyl (C=O) groups is 1. The molecule has 1 aliphatic heterocycles. The number of aromatic nitrogens is 2. The van der Waals surface area contributed by atoms with Crippen molar-refractivity contribution in [3.63, 3.8) is 0 Å². The smallest absolute Gasteiger partial charge is 0.255 e. The van der Waals surface area contributed by atoms with Crippen LogP contribution in [-0.2, 0) is 6.54 Å². The summed E-state index contributed by atoms with van der Waals surface area (Å²) in [5, 5.41) is 0. The highest BCUT2D eigenvalue weighted by Gasteiger charge is 2.23. The number of rotatable bonds is 6. The third-order valence-corrected chi connectivity index (χ3v) is 6.44. The molecule has 0 atom stereocenters. The molecular weight excluding hydrogens is 426 g/mol. The van der Waals surface area contributed by atoms with Gasteiger partial charge in [0.25, 0.3) is 5.91 Å². The van der Waals surface area contributed by atoms with Crippen molar-refractivity contribution in [3.8, 4) is 5.75 Å². The normalized spacial score (nSPS) is 13.8. The van der Waals surface area contributed by atoms with Crippen molar-refractivity contribution in [2.45, 2.75) is 6.54 Å². The summed E-state index contributed by atoms with van der Waals surface area (Å²) in [5.74, 6) is 1.97. The van der Waals surface area contributed by atoms with E-state index >= 15 is 0 Å². The Morgan fingerprint density at radius 1 is 0.941 bits per heavy atom. The molecular formula is C27H29N5O2. The van der Waals surface area contributed by atoms with Crippen molar-refractivity contribution >= 4 is 22.9 Å². The van der Waals surface area contributed by atoms with E-state index in [-0.39, 0.29) is 5.91 Å². The number of hydrogen-bond donors (Lipinski definition) is 0. The molecule has 0 radical (unpaired) electrons. The van der Waals surface area contributed by atoms with E-state index in [1.54, 1.807) is 7.11 Å². The number of ether oxygens (including phenoxy) is 1. The standard InChI is InChI=1S/C27H29N5O2/c1-29(19-21-3-8-25(34-2)9-4-21)26-10-7-24-6-5-22(20-32(24)26)27(33)31-17-15-30(16-18-31)23-11-13-28-14-12-23/h3-14,20H,15-19H2,1-2H3. The Bertz CT molecular complexity index is 1260. The van der Waals surface area contributed by atoms with E-state index in [4.69, 9.17) is 4.74 Å². The number of anilines is 2. The lowest BCUT2D eigenvalue weighted by Gasteiger charge is -2.36. The van der Waals surface area contributed by atoms with Crippen molar-refractivity contribution < 1.29 is 9.53 Å². The Labute approximate surface area is 199 Å². The first-order valence-corrected chi connectivity index (χ1v) is 11.5. The summed E-state index contributed by atoms with van der Waals surface area (Å²) in [6, 6.07) is 20.3. The van der Waals surface area contributed by atoms with Gasteiger partial charge in [-0.05, 0) is 54.1 Å². The lowest BCUT2D eigenvalue weighted by Crippen LogP contribution is -2.48. The number of fused-ring (bicyclic) bond motifs is 1. The fourth-order valence-corrected chi connectivity index (χ4v) is 4.52. The van der Waals surface area contributed by atoms with E-state index in [2.05, 4.69) is 50.5 Å². The summed E-state index contributed by atoms with van der Waals surface area (Å²) in [7, 11) is 3.74. The Kier molecular flexibility index (Phi) is 6.08. The van der Waals surface area contributed by atoms with Crippen molar-refractivity contribution in [2.24, 2.45) is 0 Å². The first kappa shape index (κ1) is 21.8. The molecule has 0 aliphatic carbocycles. The molecule has 0 unspecified atom stereocenters. The molecule has 0 spiro atoms. The van der Waals surface area contributed by atoms with Gasteiger partial charge in [0.05, 0.1) is 12.7 Å². The third-order valence-electron chi connectivity index (χ3n) is 6.44. The largest absolute Gasteiger partial charge is 0.497 e. The maximum Gasteiger partial charge on any atom is 0.255 e. The predicted molar refractivity (Wildman–Crippen MR) is 135 cm³/mol. The molecule has 7 nitrogen and oxygen atoms in total. The van der Waals surface area contributed by atoms with Crippen molar-refractivity contribution in [1.29, 1.82) is 0 Å². The minimum absolute atomic E-state index is 0.0775. The number of pyridine rings is 2. The molecule has 1 fully saturated rings. The summed E-state index contributed by atoms with van der Waals surface area (Å²) in [6.45, 7) is 3.80. The van der Waals surface area contributed by atoms with Gasteiger partial charge in [0.15, 0.2) is 0 Å². The monoisotopic (exact) mass is 455 g/mol. The first-order chi connectivity index (χ1) is 16.6. The van der Waals surface area contributed by atoms with Crippen LogP contribution in [-0.4, -0.2) is 60.5 Å². The summed E-state index contributed by atoms with van der Waals surface area (Å²) >= 11 is 0. The number of benzene rings is 1. The molecule has 7 heteroatoms. The zero-order chi connectivity index (χ0) is 23.5. The van der Waals surface area contributed by atoms with Gasteiger partial charge >= 0.3 is 0 Å². The molecule has 1 aromatic carbocycles. The predicted octanol–water partition coefficient (Wildman–Crippen LogP) is 3.94. The zero-order valence-electron chi connectivity index (χ0n) is 19.6. The second-order valence-electron chi connectivity index (χ2n) is 8.59. The Balaban J connectivity index is 1.30. The molecule has 1 amide bonds. The Morgan fingerprint density at radius 3 is 2.35 bits per heavy atom. The summed E-state index contributed by atoms with van der Waals surface area (Å²) in [4.78, 5) is 23.8. The van der Waals surface area contributed by atoms with E-state index in [0.29, 0.717) is 18.7 Å². The highest BCUT2D eigenvalue weighted by Crippen LogP contribution is 2.23. The number of methoxy groups -OCH3 is 1. The van der Waals surface area contributed by atoms with Crippen molar-refractivity contribution in [2.75, 3.05) is 50.1 Å². The highest BCUT2D eigenvalue weighted by molar-refractivity contribution is 5.94. The molecule has 1 aliphatic rings. The molecule has 0 N–H and O–H groups in total. The second-order valence-corrected chi connectivity index (χ2v) is 8.59. The van der Waals surface area contributed by atoms with Gasteiger partial charge in [-0.1, -0.05) is 12.1 Å². The average Bonchev–Trinajstić information content (AvgIpc) is 3.33. The average molecular weight is 456 g/mol. The van der Waals surface area contributed by atoms with E-state index in [0.717, 1.165) is 42.4 Å². The maximum absolute atomic E-state index is 13.3. The number of nitrogens with zero attached hydrogens (tertiary/aromatic N) is 5. The number of piperazine rings is 1. The van der Waals surface area contributed by atoms with Gasteiger partial charge in [0.1, 0.15) is 11.6 Å². The van der Waals surface area contributed by atoms with Gasteiger partial charge < -0.3 is 23.8 Å². The van der Waals surface area contributed by atoms with Gasteiger partial charge in [0, 0.05) is 69.6 Å². The first-order valence-electron chi connectivity index (χ1n) is 11.5. The van der Waals surface area contributed by atoms with Crippen LogP contribution >= 0.6 is 0 Å². The van der Waals surface area contributed by atoms with Crippen LogP contribution in [0.25, 0.3) is 5.52 Å². The van der Waals surface area contributed by atoms with Crippen molar-refractivity contribution in [1.82, 2.24) is 14.3 Å². The van der Waals surface area contributed by atoms with Crippen LogP contribution in [0.4, 0.5) is 11.5 Å². The van der Waals surface area contributed by atoms with Gasteiger partial charge in [-0.3, -0.25) is 9.78 Å². The fourth-order valence-electron chi connectivity index (χ4n) is 4.52. The van der Waals surface area contributed by atoms with Crippen LogP contribution in [0.2, 0.25) is 0 Å². The molecule has 34 heavy (non-hydrogen) atoms. The number of carbonyl (C=O) groups excluding carboxylic acids is 1. The number of amides is 1. The highest BCUT2D eigenvalue weighted by atomic mass is 16.5. The lowest BCUT2D eigenvalue weighted by molar-refractivity contribution is 0.0746. The van der Waals surface area contributed by atoms with Crippen LogP contribution in [0.15, 0.2) is 79.3 Å². The van der Waals surface area contributed by atoms with Crippen LogP contribution in [0, 0.1) is 0 Å². The Morgan fingerprint density at radius 2 is 1.65 bits per heavy atom. The van der Waals surface area contributed by atoms with E-state index in [9.17, 15) is 4.79 Å². The van der Waals surface area contributed by atoms with Gasteiger partial charge in [-0.2, -0.15) is 0 Å². The SMILES string of the molecule is COc1ccc(CN(C)c2ccc3ccc(C(=O)N4CCN(c5ccncc5)CC4)cn23)cc1. The van der Waals surface area contributed by atoms with Gasteiger partial charge in [0.2, 0.25) is 0 Å². The molecule has 3 aromatic heterocycles. The number of hydrogen-bond acceptors (Lipinski definition) is 5. The molecule has 1 saturated heterocycles. The molecule has 0 bridgehead atoms. The molecule has 174 valence electrons. The van der Waals surface area contributed by atoms with E-state index < -0.39 is 0 Å². The Hall–Kier alpha value is -4.00. The minimum Gasteiger partial charge on any atom is -0.497 e. The summed E-state index contributed by atoms with van der Waals surface area (Å²) in [5.41, 5.74) is 4.12. The van der Waals surface area contributed by atoms with Crippen LogP contribution in [0.1, 0.15) is 15.9 Å². The van der Waals surface area contributed by atoms with Gasteiger partial charge in [-0.15, -0.1) is 0 Å². The third kappa shape index (κ3) is 4.41. The zero-order valence-corrected chi connectivity index (χ0v) is 19.6. The summed E-state index contributed by atoms with van der Waals surface area (Å²) < 4.78 is 7.36. The van der Waals surface area contributed by atoms with Crippen LogP contribution < -0.4 is 14.5 Å². The second kappa shape index (κ2) is 9.47. The van der Waals surface area contributed by atoms with E-state index in [1.807, 2.05) is 59.9 Å². The van der Waals surface area contributed by atoms with Crippen LogP contribution in [0.5, 0.6) is 5.75 Å². The maximum atomic E-state index is 13.3. The molecule has 5 rings (SSSR count). The molecule has 4 heterocycles. The van der Waals surface area contributed by atoms with Gasteiger partial charge in [-0.25, -0.2) is 0 Å². The molecule has 0 saturated carbocycles.